The Bertz CT molecular complexity index is 805. The Labute approximate surface area is 150 Å². The topological polar surface area (TPSA) is 75.7 Å². The summed E-state index contributed by atoms with van der Waals surface area (Å²) in [4.78, 5) is 36.8. The van der Waals surface area contributed by atoms with Crippen LogP contribution in [0.1, 0.15) is 23.7 Å². The van der Waals surface area contributed by atoms with Crippen molar-refractivity contribution in [1.29, 1.82) is 0 Å². The number of halogens is 1. The van der Waals surface area contributed by atoms with Gasteiger partial charge in [-0.3, -0.25) is 9.59 Å². The van der Waals surface area contributed by atoms with E-state index in [4.69, 9.17) is 0 Å². The van der Waals surface area contributed by atoms with Crippen molar-refractivity contribution in [3.63, 3.8) is 0 Å². The number of ether oxygens (including phenoxy) is 1. The number of nitrogens with one attached hydrogen (secondary N) is 1. The normalized spacial score (nSPS) is 10.1. The van der Waals surface area contributed by atoms with E-state index in [1.54, 1.807) is 18.2 Å². The van der Waals surface area contributed by atoms with Gasteiger partial charge in [-0.2, -0.15) is 0 Å². The smallest absolute Gasteiger partial charge is 0.337 e. The monoisotopic (exact) mass is 358 g/mol. The molecule has 0 aliphatic rings. The summed E-state index contributed by atoms with van der Waals surface area (Å²) in [5, 5.41) is 2.47. The highest BCUT2D eigenvalue weighted by atomic mass is 19.1. The molecule has 0 spiro atoms. The number of anilines is 2. The van der Waals surface area contributed by atoms with Crippen LogP contribution in [-0.4, -0.2) is 31.4 Å². The summed E-state index contributed by atoms with van der Waals surface area (Å²) in [6.45, 7) is 1.50. The number of nitrogens with zero attached hydrogens (tertiary/aromatic N) is 1. The molecule has 6 nitrogen and oxygen atoms in total. The first kappa shape index (κ1) is 19.1. The van der Waals surface area contributed by atoms with E-state index in [-0.39, 0.29) is 24.6 Å². The third kappa shape index (κ3) is 4.89. The standard InChI is InChI=1S/C19H19FN2O4/c1-13(23)22(15-9-7-14(8-10-15)19(25)26-2)12-11-18(24)21-17-6-4-3-5-16(17)20/h3-10H,11-12H2,1-2H3,(H,21,24). The van der Waals surface area contributed by atoms with Crippen LogP contribution in [0.3, 0.4) is 0 Å². The molecular formula is C19H19FN2O4. The predicted octanol–water partition coefficient (Wildman–Crippen LogP) is 2.99. The van der Waals surface area contributed by atoms with Crippen LogP contribution in [0.2, 0.25) is 0 Å². The number of hydrogen-bond donors (Lipinski definition) is 1. The molecule has 2 aromatic rings. The van der Waals surface area contributed by atoms with Crippen LogP contribution in [0.4, 0.5) is 15.8 Å². The van der Waals surface area contributed by atoms with E-state index in [1.807, 2.05) is 0 Å². The van der Waals surface area contributed by atoms with Crippen molar-refractivity contribution in [1.82, 2.24) is 0 Å². The van der Waals surface area contributed by atoms with E-state index in [2.05, 4.69) is 10.1 Å². The quantitative estimate of drug-likeness (QED) is 0.806. The van der Waals surface area contributed by atoms with Crippen molar-refractivity contribution in [2.45, 2.75) is 13.3 Å². The molecule has 0 aliphatic carbocycles. The molecule has 2 amide bonds. The Morgan fingerprint density at radius 2 is 1.73 bits per heavy atom. The number of amides is 2. The molecule has 26 heavy (non-hydrogen) atoms. The van der Waals surface area contributed by atoms with Crippen molar-refractivity contribution in [2.75, 3.05) is 23.9 Å². The number of esters is 1. The Morgan fingerprint density at radius 1 is 1.08 bits per heavy atom. The van der Waals surface area contributed by atoms with Crippen molar-refractivity contribution < 1.29 is 23.5 Å². The Hall–Kier alpha value is -3.22. The van der Waals surface area contributed by atoms with Gasteiger partial charge in [0.1, 0.15) is 5.82 Å². The van der Waals surface area contributed by atoms with E-state index < -0.39 is 17.7 Å². The molecule has 136 valence electrons. The number of carbonyl (C=O) groups is 3. The Kier molecular flexibility index (Phi) is 6.43. The third-order valence-electron chi connectivity index (χ3n) is 3.69. The van der Waals surface area contributed by atoms with Crippen LogP contribution in [0.15, 0.2) is 48.5 Å². The van der Waals surface area contributed by atoms with Crippen molar-refractivity contribution >= 4 is 29.2 Å². The van der Waals surface area contributed by atoms with Crippen LogP contribution >= 0.6 is 0 Å². The minimum absolute atomic E-state index is 0.00727. The molecule has 0 fully saturated rings. The predicted molar refractivity (Wildman–Crippen MR) is 95.5 cm³/mol. The first-order valence-electron chi connectivity index (χ1n) is 7.93. The van der Waals surface area contributed by atoms with E-state index in [1.165, 1.54) is 49.3 Å². The third-order valence-corrected chi connectivity index (χ3v) is 3.69. The molecular weight excluding hydrogens is 339 g/mol. The second kappa shape index (κ2) is 8.75. The first-order valence-corrected chi connectivity index (χ1v) is 7.93. The highest BCUT2D eigenvalue weighted by molar-refractivity contribution is 5.95. The molecule has 0 saturated heterocycles. The second-order valence-electron chi connectivity index (χ2n) is 5.49. The number of methoxy groups -OCH3 is 1. The number of carbonyl (C=O) groups excluding carboxylic acids is 3. The summed E-state index contributed by atoms with van der Waals surface area (Å²) >= 11 is 0. The van der Waals surface area contributed by atoms with Gasteiger partial charge in [-0.1, -0.05) is 12.1 Å². The van der Waals surface area contributed by atoms with Gasteiger partial charge >= 0.3 is 5.97 Å². The molecule has 7 heteroatoms. The lowest BCUT2D eigenvalue weighted by atomic mass is 10.2. The van der Waals surface area contributed by atoms with Gasteiger partial charge in [0.15, 0.2) is 0 Å². The molecule has 0 heterocycles. The molecule has 0 radical (unpaired) electrons. The average molecular weight is 358 g/mol. The molecule has 0 aromatic heterocycles. The molecule has 0 bridgehead atoms. The lowest BCUT2D eigenvalue weighted by Crippen LogP contribution is -2.32. The maximum atomic E-state index is 13.6. The molecule has 2 rings (SSSR count). The zero-order valence-corrected chi connectivity index (χ0v) is 14.5. The summed E-state index contributed by atoms with van der Waals surface area (Å²) in [6.07, 6.45) is -0.00727. The lowest BCUT2D eigenvalue weighted by Gasteiger charge is -2.21. The SMILES string of the molecule is COC(=O)c1ccc(N(CCC(=O)Nc2ccccc2F)C(C)=O)cc1. The van der Waals surface area contributed by atoms with E-state index in [0.717, 1.165) is 0 Å². The fourth-order valence-electron chi connectivity index (χ4n) is 2.35. The van der Waals surface area contributed by atoms with Gasteiger partial charge in [0.05, 0.1) is 18.4 Å². The molecule has 0 saturated carbocycles. The number of benzene rings is 2. The molecule has 1 N–H and O–H groups in total. The zero-order valence-electron chi connectivity index (χ0n) is 14.5. The largest absolute Gasteiger partial charge is 0.465 e. The van der Waals surface area contributed by atoms with Gasteiger partial charge in [-0.25, -0.2) is 9.18 Å². The molecule has 2 aromatic carbocycles. The second-order valence-corrected chi connectivity index (χ2v) is 5.49. The lowest BCUT2D eigenvalue weighted by molar-refractivity contribution is -0.117. The minimum Gasteiger partial charge on any atom is -0.465 e. The van der Waals surface area contributed by atoms with Crippen LogP contribution in [0.25, 0.3) is 0 Å². The fraction of sp³-hybridized carbons (Fsp3) is 0.211. The minimum atomic E-state index is -0.525. The number of rotatable bonds is 6. The number of para-hydroxylation sites is 1. The Balaban J connectivity index is 2.02. The highest BCUT2D eigenvalue weighted by Gasteiger charge is 2.15. The van der Waals surface area contributed by atoms with Crippen molar-refractivity contribution in [3.05, 3.63) is 59.9 Å². The summed E-state index contributed by atoms with van der Waals surface area (Å²) in [6, 6.07) is 12.1. The average Bonchev–Trinajstić information content (AvgIpc) is 2.63. The molecule has 0 unspecified atom stereocenters. The van der Waals surface area contributed by atoms with Crippen molar-refractivity contribution in [2.24, 2.45) is 0 Å². The molecule has 0 aliphatic heterocycles. The summed E-state index contributed by atoms with van der Waals surface area (Å²) < 4.78 is 18.2. The van der Waals surface area contributed by atoms with Crippen LogP contribution in [0.5, 0.6) is 0 Å². The van der Waals surface area contributed by atoms with E-state index >= 15 is 0 Å². The van der Waals surface area contributed by atoms with Crippen molar-refractivity contribution in [3.8, 4) is 0 Å². The van der Waals surface area contributed by atoms with Crippen LogP contribution < -0.4 is 10.2 Å². The van der Waals surface area contributed by atoms with Gasteiger partial charge in [0.2, 0.25) is 11.8 Å². The van der Waals surface area contributed by atoms with Gasteiger partial charge in [0.25, 0.3) is 0 Å². The summed E-state index contributed by atoms with van der Waals surface area (Å²) in [5.74, 6) is -1.67. The maximum Gasteiger partial charge on any atom is 0.337 e. The van der Waals surface area contributed by atoms with E-state index in [0.29, 0.717) is 11.3 Å². The van der Waals surface area contributed by atoms with Crippen LogP contribution in [-0.2, 0) is 14.3 Å². The summed E-state index contributed by atoms with van der Waals surface area (Å²) in [7, 11) is 1.28. The fourth-order valence-corrected chi connectivity index (χ4v) is 2.35. The van der Waals surface area contributed by atoms with Gasteiger partial charge in [-0.05, 0) is 36.4 Å². The molecule has 0 atom stereocenters. The van der Waals surface area contributed by atoms with E-state index in [9.17, 15) is 18.8 Å². The maximum absolute atomic E-state index is 13.6. The van der Waals surface area contributed by atoms with Gasteiger partial charge < -0.3 is 15.0 Å². The van der Waals surface area contributed by atoms with Gasteiger partial charge in [0, 0.05) is 25.6 Å². The van der Waals surface area contributed by atoms with Gasteiger partial charge in [-0.15, -0.1) is 0 Å². The first-order chi connectivity index (χ1) is 12.4. The van der Waals surface area contributed by atoms with Crippen LogP contribution in [0, 0.1) is 5.82 Å². The number of hydrogen-bond acceptors (Lipinski definition) is 4. The zero-order chi connectivity index (χ0) is 19.1. The summed E-state index contributed by atoms with van der Waals surface area (Å²) in [5.41, 5.74) is 0.996. The Morgan fingerprint density at radius 3 is 2.31 bits per heavy atom. The highest BCUT2D eigenvalue weighted by Crippen LogP contribution is 2.17.